The van der Waals surface area contributed by atoms with Crippen LogP contribution in [0.4, 0.5) is 0 Å². The van der Waals surface area contributed by atoms with Gasteiger partial charge in [0.15, 0.2) is 5.78 Å². The lowest BCUT2D eigenvalue weighted by molar-refractivity contribution is 0.0988. The molecule has 0 spiro atoms. The highest BCUT2D eigenvalue weighted by Gasteiger charge is 2.29. The molecule has 2 rings (SSSR count). The summed E-state index contributed by atoms with van der Waals surface area (Å²) in [5.41, 5.74) is 0.373. The number of Topliss-reactive ketones (excluding diaryl/α,β-unsaturated/α-hetero) is 1. The Hall–Kier alpha value is -0.910. The fraction of sp³-hybridized carbons (Fsp3) is 0.417. The molecule has 0 amide bonds. The third-order valence-electron chi connectivity index (χ3n) is 2.76. The summed E-state index contributed by atoms with van der Waals surface area (Å²) in [6.07, 6.45) is 2.03. The standard InChI is InChI=1S/C12H14ClNO3S/c1-2-11(15)8-3-6-10(13)12(7-8)18(16,17)14-9-4-5-9/h3,6-7,9,14H,2,4-5H2,1H3. The smallest absolute Gasteiger partial charge is 0.242 e. The summed E-state index contributed by atoms with van der Waals surface area (Å²) in [4.78, 5) is 11.6. The molecule has 0 saturated heterocycles. The molecule has 1 aromatic rings. The molecular formula is C12H14ClNO3S. The lowest BCUT2D eigenvalue weighted by Crippen LogP contribution is -2.26. The molecule has 1 fully saturated rings. The van der Waals surface area contributed by atoms with E-state index in [1.807, 2.05) is 0 Å². The third-order valence-corrected chi connectivity index (χ3v) is 4.77. The molecule has 0 heterocycles. The lowest BCUT2D eigenvalue weighted by atomic mass is 10.1. The average molecular weight is 288 g/mol. The van der Waals surface area contributed by atoms with E-state index in [-0.39, 0.29) is 21.7 Å². The molecule has 0 radical (unpaired) electrons. The fourth-order valence-corrected chi connectivity index (χ4v) is 3.40. The average Bonchev–Trinajstić information content (AvgIpc) is 3.11. The van der Waals surface area contributed by atoms with Crippen LogP contribution in [-0.4, -0.2) is 20.2 Å². The Morgan fingerprint density at radius 3 is 2.67 bits per heavy atom. The summed E-state index contributed by atoms with van der Waals surface area (Å²) in [7, 11) is -3.63. The molecule has 1 aliphatic rings. The van der Waals surface area contributed by atoms with Crippen LogP contribution in [0.1, 0.15) is 36.5 Å². The van der Waals surface area contributed by atoms with E-state index < -0.39 is 10.0 Å². The number of nitrogens with one attached hydrogen (secondary N) is 1. The van der Waals surface area contributed by atoms with Crippen LogP contribution >= 0.6 is 11.6 Å². The maximum atomic E-state index is 12.1. The molecule has 98 valence electrons. The van der Waals surface area contributed by atoms with Crippen LogP contribution in [0, 0.1) is 0 Å². The van der Waals surface area contributed by atoms with Crippen molar-refractivity contribution in [3.8, 4) is 0 Å². The Balaban J connectivity index is 2.39. The van der Waals surface area contributed by atoms with Gasteiger partial charge in [0.1, 0.15) is 4.90 Å². The minimum atomic E-state index is -3.63. The Bertz CT molecular complexity index is 579. The molecule has 0 aromatic heterocycles. The highest BCUT2D eigenvalue weighted by Crippen LogP contribution is 2.27. The summed E-state index contributed by atoms with van der Waals surface area (Å²) < 4.78 is 26.7. The molecule has 0 aliphatic heterocycles. The summed E-state index contributed by atoms with van der Waals surface area (Å²) >= 11 is 5.90. The number of ketones is 1. The number of sulfonamides is 1. The SMILES string of the molecule is CCC(=O)c1ccc(Cl)c(S(=O)(=O)NC2CC2)c1. The van der Waals surface area contributed by atoms with Crippen LogP contribution in [0.3, 0.4) is 0 Å². The molecule has 1 N–H and O–H groups in total. The Labute approximate surface area is 111 Å². The first-order chi connectivity index (χ1) is 8.44. The molecule has 1 aromatic carbocycles. The van der Waals surface area contributed by atoms with Crippen molar-refractivity contribution in [2.24, 2.45) is 0 Å². The molecular weight excluding hydrogens is 274 g/mol. The van der Waals surface area contributed by atoms with Crippen LogP contribution in [0.5, 0.6) is 0 Å². The summed E-state index contributed by atoms with van der Waals surface area (Å²) in [5.74, 6) is -0.102. The molecule has 1 saturated carbocycles. The summed E-state index contributed by atoms with van der Waals surface area (Å²) in [5, 5.41) is 0.135. The molecule has 1 aliphatic carbocycles. The zero-order chi connectivity index (χ0) is 13.3. The highest BCUT2D eigenvalue weighted by atomic mass is 35.5. The number of halogens is 1. The summed E-state index contributed by atoms with van der Waals surface area (Å²) in [6.45, 7) is 1.73. The first kappa shape index (κ1) is 13.5. The van der Waals surface area contributed by atoms with Crippen molar-refractivity contribution in [3.05, 3.63) is 28.8 Å². The predicted molar refractivity (Wildman–Crippen MR) is 69.4 cm³/mol. The Morgan fingerprint density at radius 1 is 1.44 bits per heavy atom. The van der Waals surface area contributed by atoms with Crippen molar-refractivity contribution in [2.45, 2.75) is 37.1 Å². The predicted octanol–water partition coefficient (Wildman–Crippen LogP) is 2.37. The Morgan fingerprint density at radius 2 is 2.11 bits per heavy atom. The fourth-order valence-electron chi connectivity index (χ4n) is 1.57. The van der Waals surface area contributed by atoms with Crippen LogP contribution < -0.4 is 4.72 Å². The van der Waals surface area contributed by atoms with E-state index in [9.17, 15) is 13.2 Å². The number of carbonyl (C=O) groups is 1. The van der Waals surface area contributed by atoms with E-state index in [0.717, 1.165) is 12.8 Å². The van der Waals surface area contributed by atoms with Gasteiger partial charge >= 0.3 is 0 Å². The van der Waals surface area contributed by atoms with Gasteiger partial charge in [0.25, 0.3) is 0 Å². The van der Waals surface area contributed by atoms with E-state index in [1.54, 1.807) is 13.0 Å². The number of hydrogen-bond donors (Lipinski definition) is 1. The second kappa shape index (κ2) is 4.99. The van der Waals surface area contributed by atoms with Crippen molar-refractivity contribution in [1.29, 1.82) is 0 Å². The molecule has 0 atom stereocenters. The zero-order valence-electron chi connectivity index (χ0n) is 9.94. The van der Waals surface area contributed by atoms with Crippen molar-refractivity contribution in [3.63, 3.8) is 0 Å². The van der Waals surface area contributed by atoms with Gasteiger partial charge in [0, 0.05) is 18.0 Å². The van der Waals surface area contributed by atoms with Crippen molar-refractivity contribution >= 4 is 27.4 Å². The van der Waals surface area contributed by atoms with E-state index in [2.05, 4.69) is 4.72 Å². The van der Waals surface area contributed by atoms with Gasteiger partial charge in [-0.3, -0.25) is 4.79 Å². The van der Waals surface area contributed by atoms with Crippen LogP contribution in [0.2, 0.25) is 5.02 Å². The Kier molecular flexibility index (Phi) is 3.75. The topological polar surface area (TPSA) is 63.2 Å². The van der Waals surface area contributed by atoms with E-state index in [4.69, 9.17) is 11.6 Å². The van der Waals surface area contributed by atoms with Gasteiger partial charge in [0.2, 0.25) is 10.0 Å². The lowest BCUT2D eigenvalue weighted by Gasteiger charge is -2.08. The monoisotopic (exact) mass is 287 g/mol. The second-order valence-electron chi connectivity index (χ2n) is 4.32. The van der Waals surface area contributed by atoms with Crippen LogP contribution in [-0.2, 0) is 10.0 Å². The van der Waals surface area contributed by atoms with E-state index in [1.165, 1.54) is 12.1 Å². The second-order valence-corrected chi connectivity index (χ2v) is 6.41. The van der Waals surface area contributed by atoms with Crippen molar-refractivity contribution in [1.82, 2.24) is 4.72 Å². The van der Waals surface area contributed by atoms with Gasteiger partial charge in [-0.2, -0.15) is 0 Å². The molecule has 0 unspecified atom stereocenters. The maximum Gasteiger partial charge on any atom is 0.242 e. The van der Waals surface area contributed by atoms with E-state index in [0.29, 0.717) is 12.0 Å². The first-order valence-corrected chi connectivity index (χ1v) is 7.65. The minimum Gasteiger partial charge on any atom is -0.294 e. The van der Waals surface area contributed by atoms with Crippen LogP contribution in [0.25, 0.3) is 0 Å². The van der Waals surface area contributed by atoms with Gasteiger partial charge in [-0.25, -0.2) is 13.1 Å². The van der Waals surface area contributed by atoms with Crippen molar-refractivity contribution < 1.29 is 13.2 Å². The quantitative estimate of drug-likeness (QED) is 0.846. The van der Waals surface area contributed by atoms with Gasteiger partial charge in [-0.1, -0.05) is 18.5 Å². The largest absolute Gasteiger partial charge is 0.294 e. The van der Waals surface area contributed by atoms with Gasteiger partial charge in [-0.05, 0) is 31.0 Å². The number of benzene rings is 1. The number of rotatable bonds is 5. The zero-order valence-corrected chi connectivity index (χ0v) is 11.5. The summed E-state index contributed by atoms with van der Waals surface area (Å²) in [6, 6.07) is 4.35. The highest BCUT2D eigenvalue weighted by molar-refractivity contribution is 7.89. The van der Waals surface area contributed by atoms with Gasteiger partial charge < -0.3 is 0 Å². The minimum absolute atomic E-state index is 0.0107. The van der Waals surface area contributed by atoms with E-state index >= 15 is 0 Å². The van der Waals surface area contributed by atoms with Crippen molar-refractivity contribution in [2.75, 3.05) is 0 Å². The first-order valence-electron chi connectivity index (χ1n) is 5.79. The normalized spacial score (nSPS) is 15.7. The molecule has 18 heavy (non-hydrogen) atoms. The van der Waals surface area contributed by atoms with Crippen LogP contribution in [0.15, 0.2) is 23.1 Å². The number of carbonyl (C=O) groups excluding carboxylic acids is 1. The van der Waals surface area contributed by atoms with Gasteiger partial charge in [0.05, 0.1) is 5.02 Å². The third kappa shape index (κ3) is 2.91. The molecule has 4 nitrogen and oxygen atoms in total. The van der Waals surface area contributed by atoms with Gasteiger partial charge in [-0.15, -0.1) is 0 Å². The number of hydrogen-bond acceptors (Lipinski definition) is 3. The maximum absolute atomic E-state index is 12.1. The molecule has 6 heteroatoms. The molecule has 0 bridgehead atoms.